The first-order valence-corrected chi connectivity index (χ1v) is 10.1. The van der Waals surface area contributed by atoms with Gasteiger partial charge in [0.05, 0.1) is 18.1 Å². The van der Waals surface area contributed by atoms with E-state index in [-0.39, 0.29) is 11.0 Å². The maximum absolute atomic E-state index is 12.8. The van der Waals surface area contributed by atoms with Crippen LogP contribution in [-0.4, -0.2) is 29.7 Å². The molecule has 0 amide bonds. The van der Waals surface area contributed by atoms with Crippen LogP contribution in [-0.2, 0) is 6.42 Å². The Labute approximate surface area is 184 Å². The molecule has 32 heavy (non-hydrogen) atoms. The quantitative estimate of drug-likeness (QED) is 0.444. The maximum Gasteiger partial charge on any atom is 0.337 e. The number of methoxy groups -OCH3 is 1. The van der Waals surface area contributed by atoms with E-state index in [4.69, 9.17) is 9.15 Å². The van der Waals surface area contributed by atoms with Crippen molar-refractivity contribution in [2.45, 2.75) is 13.3 Å². The number of anilines is 1. The van der Waals surface area contributed by atoms with Crippen molar-refractivity contribution in [3.8, 4) is 17.3 Å². The molecule has 0 aliphatic rings. The Morgan fingerprint density at radius 3 is 2.72 bits per heavy atom. The van der Waals surface area contributed by atoms with Crippen molar-refractivity contribution in [3.05, 3.63) is 87.6 Å². The van der Waals surface area contributed by atoms with E-state index in [1.165, 1.54) is 13.2 Å². The molecule has 162 valence electrons. The third-order valence-electron chi connectivity index (χ3n) is 5.10. The second-order valence-electron chi connectivity index (χ2n) is 7.37. The summed E-state index contributed by atoms with van der Waals surface area (Å²) in [7, 11) is 1.53. The summed E-state index contributed by atoms with van der Waals surface area (Å²) in [5.41, 5.74) is 3.39. The minimum Gasteiger partial charge on any atom is -0.481 e. The molecule has 0 unspecified atom stereocenters. The summed E-state index contributed by atoms with van der Waals surface area (Å²) in [5.74, 6) is -0.207. The minimum atomic E-state index is -0.990. The first-order valence-electron chi connectivity index (χ1n) is 10.1. The molecule has 2 aromatic heterocycles. The number of aromatic nitrogens is 1. The van der Waals surface area contributed by atoms with Gasteiger partial charge in [-0.25, -0.2) is 9.78 Å². The van der Waals surface area contributed by atoms with Crippen LogP contribution in [0.3, 0.4) is 0 Å². The molecule has 0 atom stereocenters. The number of hydrogen-bond acceptors (Lipinski definition) is 6. The summed E-state index contributed by atoms with van der Waals surface area (Å²) in [4.78, 5) is 28.6. The average molecular weight is 430 g/mol. The lowest BCUT2D eigenvalue weighted by molar-refractivity contribution is 0.0698. The van der Waals surface area contributed by atoms with Crippen LogP contribution < -0.4 is 15.5 Å². The predicted molar refractivity (Wildman–Crippen MR) is 123 cm³/mol. The molecular formula is C25H22N2O5. The molecule has 2 aromatic carbocycles. The van der Waals surface area contributed by atoms with Gasteiger partial charge in [-0.05, 0) is 48.7 Å². The Bertz CT molecular complexity index is 1360. The standard InChI is InChI=1S/C25H22N2O5/c1-15-12-16(10-11-26-19-7-4-3-6-17(19)25(29)30)24-18(13-15)21(28)14-22(32-24)20-8-5-9-23(27-20)31-2/h3-9,12-14,26H,10-11H2,1-2H3,(H,29,30). The van der Waals surface area contributed by atoms with Gasteiger partial charge in [-0.1, -0.05) is 24.3 Å². The van der Waals surface area contributed by atoms with Gasteiger partial charge in [-0.3, -0.25) is 4.79 Å². The number of fused-ring (bicyclic) bond motifs is 1. The molecule has 0 radical (unpaired) electrons. The van der Waals surface area contributed by atoms with Crippen molar-refractivity contribution in [3.63, 3.8) is 0 Å². The van der Waals surface area contributed by atoms with Crippen LogP contribution in [0.4, 0.5) is 5.69 Å². The van der Waals surface area contributed by atoms with E-state index in [9.17, 15) is 14.7 Å². The number of ether oxygens (including phenoxy) is 1. The number of benzene rings is 2. The van der Waals surface area contributed by atoms with Gasteiger partial charge < -0.3 is 19.6 Å². The summed E-state index contributed by atoms with van der Waals surface area (Å²) in [6, 6.07) is 17.2. The smallest absolute Gasteiger partial charge is 0.337 e. The molecule has 0 aliphatic carbocycles. The molecule has 0 bridgehead atoms. The second kappa shape index (κ2) is 8.93. The SMILES string of the molecule is COc1cccc(-c2cc(=O)c3cc(C)cc(CCNc4ccccc4C(=O)O)c3o2)n1. The number of pyridine rings is 1. The first-order chi connectivity index (χ1) is 15.5. The van der Waals surface area contributed by atoms with E-state index in [0.29, 0.717) is 47.0 Å². The molecule has 0 spiro atoms. The van der Waals surface area contributed by atoms with Gasteiger partial charge in [0.25, 0.3) is 0 Å². The third kappa shape index (κ3) is 4.32. The monoisotopic (exact) mass is 430 g/mol. The van der Waals surface area contributed by atoms with Gasteiger partial charge >= 0.3 is 5.97 Å². The first kappa shape index (κ1) is 21.1. The Morgan fingerprint density at radius 1 is 1.12 bits per heavy atom. The van der Waals surface area contributed by atoms with Gasteiger partial charge in [-0.2, -0.15) is 0 Å². The van der Waals surface area contributed by atoms with Crippen molar-refractivity contribution in [1.29, 1.82) is 0 Å². The summed E-state index contributed by atoms with van der Waals surface area (Å²) >= 11 is 0. The van der Waals surface area contributed by atoms with Crippen molar-refractivity contribution < 1.29 is 19.1 Å². The average Bonchev–Trinajstić information content (AvgIpc) is 2.79. The Kier molecular flexibility index (Phi) is 5.89. The highest BCUT2D eigenvalue weighted by Gasteiger charge is 2.14. The largest absolute Gasteiger partial charge is 0.481 e. The van der Waals surface area contributed by atoms with E-state index in [2.05, 4.69) is 10.3 Å². The van der Waals surface area contributed by atoms with Crippen LogP contribution in [0.15, 0.2) is 69.9 Å². The number of carboxylic acids is 1. The molecule has 7 nitrogen and oxygen atoms in total. The third-order valence-corrected chi connectivity index (χ3v) is 5.10. The topological polar surface area (TPSA) is 102 Å². The predicted octanol–water partition coefficient (Wildman–Crippen LogP) is 4.52. The summed E-state index contributed by atoms with van der Waals surface area (Å²) < 4.78 is 11.3. The molecule has 4 aromatic rings. The molecule has 7 heteroatoms. The minimum absolute atomic E-state index is 0.153. The normalized spacial score (nSPS) is 10.8. The number of carbonyl (C=O) groups is 1. The van der Waals surface area contributed by atoms with Gasteiger partial charge in [0, 0.05) is 24.4 Å². The fraction of sp³-hybridized carbons (Fsp3) is 0.160. The van der Waals surface area contributed by atoms with Crippen molar-refractivity contribution >= 4 is 22.6 Å². The highest BCUT2D eigenvalue weighted by atomic mass is 16.5. The lowest BCUT2D eigenvalue weighted by Crippen LogP contribution is -2.10. The van der Waals surface area contributed by atoms with E-state index >= 15 is 0 Å². The Balaban J connectivity index is 1.69. The Hall–Kier alpha value is -4.13. The Morgan fingerprint density at radius 2 is 1.94 bits per heavy atom. The summed E-state index contributed by atoms with van der Waals surface area (Å²) in [5, 5.41) is 13.0. The molecule has 0 saturated carbocycles. The van der Waals surface area contributed by atoms with Gasteiger partial charge in [0.2, 0.25) is 5.88 Å². The van der Waals surface area contributed by atoms with Crippen LogP contribution >= 0.6 is 0 Å². The van der Waals surface area contributed by atoms with Crippen LogP contribution in [0.2, 0.25) is 0 Å². The molecule has 0 fully saturated rings. The molecular weight excluding hydrogens is 408 g/mol. The molecule has 4 rings (SSSR count). The summed E-state index contributed by atoms with van der Waals surface area (Å²) in [6.07, 6.45) is 0.532. The van der Waals surface area contributed by atoms with Crippen LogP contribution in [0.1, 0.15) is 21.5 Å². The number of para-hydroxylation sites is 1. The van der Waals surface area contributed by atoms with Crippen molar-refractivity contribution in [2.24, 2.45) is 0 Å². The fourth-order valence-electron chi connectivity index (χ4n) is 3.62. The van der Waals surface area contributed by atoms with E-state index < -0.39 is 5.97 Å². The zero-order valence-corrected chi connectivity index (χ0v) is 17.7. The number of aryl methyl sites for hydroxylation is 1. The van der Waals surface area contributed by atoms with Crippen LogP contribution in [0, 0.1) is 6.92 Å². The zero-order valence-electron chi connectivity index (χ0n) is 17.7. The molecule has 2 heterocycles. The van der Waals surface area contributed by atoms with E-state index in [0.717, 1.165) is 11.1 Å². The van der Waals surface area contributed by atoms with Crippen molar-refractivity contribution in [1.82, 2.24) is 4.98 Å². The van der Waals surface area contributed by atoms with Crippen LogP contribution in [0.25, 0.3) is 22.4 Å². The fourth-order valence-corrected chi connectivity index (χ4v) is 3.62. The number of nitrogens with one attached hydrogen (secondary N) is 1. The second-order valence-corrected chi connectivity index (χ2v) is 7.37. The van der Waals surface area contributed by atoms with E-state index in [1.807, 2.05) is 13.0 Å². The summed E-state index contributed by atoms with van der Waals surface area (Å²) in [6.45, 7) is 2.39. The molecule has 0 saturated heterocycles. The van der Waals surface area contributed by atoms with Crippen LogP contribution in [0.5, 0.6) is 5.88 Å². The number of hydrogen-bond donors (Lipinski definition) is 2. The number of nitrogens with zero attached hydrogens (tertiary/aromatic N) is 1. The molecule has 2 N–H and O–H groups in total. The number of carboxylic acid groups (broad SMARTS) is 1. The zero-order chi connectivity index (χ0) is 22.7. The molecule has 0 aliphatic heterocycles. The highest BCUT2D eigenvalue weighted by Crippen LogP contribution is 2.26. The lowest BCUT2D eigenvalue weighted by Gasteiger charge is -2.12. The lowest BCUT2D eigenvalue weighted by atomic mass is 10.0. The number of aromatic carboxylic acids is 1. The highest BCUT2D eigenvalue weighted by molar-refractivity contribution is 5.94. The van der Waals surface area contributed by atoms with Gasteiger partial charge in [-0.15, -0.1) is 0 Å². The van der Waals surface area contributed by atoms with Crippen molar-refractivity contribution in [2.75, 3.05) is 19.0 Å². The number of rotatable bonds is 7. The van der Waals surface area contributed by atoms with Gasteiger partial charge in [0.15, 0.2) is 11.2 Å². The van der Waals surface area contributed by atoms with E-state index in [1.54, 1.807) is 48.5 Å². The maximum atomic E-state index is 12.8. The van der Waals surface area contributed by atoms with Gasteiger partial charge in [0.1, 0.15) is 11.3 Å².